The van der Waals surface area contributed by atoms with Gasteiger partial charge in [0, 0.05) is 17.3 Å². The molecule has 2 aromatic rings. The zero-order valence-corrected chi connectivity index (χ0v) is 15.0. The fourth-order valence-corrected chi connectivity index (χ4v) is 3.11. The molecule has 0 bridgehead atoms. The number of nitrogens with zero attached hydrogens (tertiary/aromatic N) is 2. The molecule has 0 radical (unpaired) electrons. The Labute approximate surface area is 156 Å². The quantitative estimate of drug-likeness (QED) is 0.567. The van der Waals surface area contributed by atoms with Crippen LogP contribution in [0.5, 0.6) is 5.75 Å². The first kappa shape index (κ1) is 18.8. The largest absolute Gasteiger partial charge is 0.434 e. The highest BCUT2D eigenvalue weighted by Gasteiger charge is 2.33. The van der Waals surface area contributed by atoms with Crippen molar-refractivity contribution in [1.82, 2.24) is 0 Å². The average Bonchev–Trinajstić information content (AvgIpc) is 2.97. The minimum absolute atomic E-state index is 0.0130. The van der Waals surface area contributed by atoms with Crippen LogP contribution in [0.3, 0.4) is 0 Å². The summed E-state index contributed by atoms with van der Waals surface area (Å²) in [5.74, 6) is -0.220. The molecule has 0 fully saturated rings. The molecule has 1 amide bonds. The topological polar surface area (TPSA) is 51.1 Å². The Bertz CT molecular complexity index is 841. The van der Waals surface area contributed by atoms with Gasteiger partial charge in [0.15, 0.2) is 0 Å². The van der Waals surface area contributed by atoms with Crippen LogP contribution in [0.1, 0.15) is 25.0 Å². The molecular formula is C20H20F2N2O3. The number of alkyl halides is 2. The number of para-hydroxylation sites is 2. The summed E-state index contributed by atoms with van der Waals surface area (Å²) < 4.78 is 29.3. The molecule has 2 aromatic carbocycles. The number of anilines is 1. The Kier molecular flexibility index (Phi) is 5.69. The second-order valence-electron chi connectivity index (χ2n) is 6.29. The van der Waals surface area contributed by atoms with Gasteiger partial charge in [-0.05, 0) is 44.0 Å². The van der Waals surface area contributed by atoms with Crippen LogP contribution in [-0.2, 0) is 16.1 Å². The number of fused-ring (bicyclic) bond motifs is 1. The normalized spacial score (nSPS) is 17.2. The predicted molar refractivity (Wildman–Crippen MR) is 98.3 cm³/mol. The number of carbonyl (C=O) groups excluding carboxylic acids is 1. The third-order valence-electron chi connectivity index (χ3n) is 4.34. The highest BCUT2D eigenvalue weighted by Crippen LogP contribution is 2.32. The summed E-state index contributed by atoms with van der Waals surface area (Å²) in [6.07, 6.45) is 1.22. The molecule has 1 aliphatic heterocycles. The van der Waals surface area contributed by atoms with E-state index in [1.54, 1.807) is 30.0 Å². The Morgan fingerprint density at radius 2 is 1.93 bits per heavy atom. The molecule has 27 heavy (non-hydrogen) atoms. The summed E-state index contributed by atoms with van der Waals surface area (Å²) >= 11 is 0. The van der Waals surface area contributed by atoms with E-state index in [0.29, 0.717) is 5.56 Å². The first-order valence-electron chi connectivity index (χ1n) is 8.61. The van der Waals surface area contributed by atoms with Crippen molar-refractivity contribution in [2.24, 2.45) is 5.16 Å². The van der Waals surface area contributed by atoms with Crippen molar-refractivity contribution in [3.05, 3.63) is 59.7 Å². The molecule has 0 N–H and O–H groups in total. The molecule has 5 nitrogen and oxygen atoms in total. The zero-order valence-electron chi connectivity index (χ0n) is 15.0. The lowest BCUT2D eigenvalue weighted by Crippen LogP contribution is -2.42. The molecule has 0 aliphatic carbocycles. The Morgan fingerprint density at radius 1 is 1.22 bits per heavy atom. The SMILES string of the molecule is CC(ON=Cc1ccccc1OC(F)F)C(=O)N1c2ccccc2CC1C. The number of hydrogen-bond donors (Lipinski definition) is 0. The molecule has 2 unspecified atom stereocenters. The molecule has 2 atom stereocenters. The highest BCUT2D eigenvalue weighted by atomic mass is 19.3. The Morgan fingerprint density at radius 3 is 2.70 bits per heavy atom. The maximum Gasteiger partial charge on any atom is 0.387 e. The molecule has 7 heteroatoms. The third kappa shape index (κ3) is 4.24. The Balaban J connectivity index is 1.67. The van der Waals surface area contributed by atoms with Crippen LogP contribution < -0.4 is 9.64 Å². The van der Waals surface area contributed by atoms with Gasteiger partial charge in [-0.1, -0.05) is 35.5 Å². The van der Waals surface area contributed by atoms with Crippen LogP contribution in [0.15, 0.2) is 53.7 Å². The molecule has 3 rings (SSSR count). The maximum atomic E-state index is 12.8. The van der Waals surface area contributed by atoms with E-state index in [2.05, 4.69) is 9.89 Å². The number of hydrogen-bond acceptors (Lipinski definition) is 4. The lowest BCUT2D eigenvalue weighted by Gasteiger charge is -2.24. The van der Waals surface area contributed by atoms with E-state index in [1.807, 2.05) is 31.2 Å². The molecule has 0 saturated carbocycles. The smallest absolute Gasteiger partial charge is 0.387 e. The summed E-state index contributed by atoms with van der Waals surface area (Å²) in [7, 11) is 0. The molecular weight excluding hydrogens is 354 g/mol. The van der Waals surface area contributed by atoms with Crippen LogP contribution in [-0.4, -0.2) is 30.9 Å². The first-order valence-corrected chi connectivity index (χ1v) is 8.61. The molecule has 1 heterocycles. The summed E-state index contributed by atoms with van der Waals surface area (Å²) in [6.45, 7) is 0.651. The summed E-state index contributed by atoms with van der Waals surface area (Å²) in [4.78, 5) is 19.8. The summed E-state index contributed by atoms with van der Waals surface area (Å²) in [5.41, 5.74) is 2.33. The van der Waals surface area contributed by atoms with E-state index in [4.69, 9.17) is 4.84 Å². The zero-order chi connectivity index (χ0) is 19.4. The van der Waals surface area contributed by atoms with Crippen LogP contribution in [0.25, 0.3) is 0 Å². The number of ether oxygens (including phenoxy) is 1. The summed E-state index contributed by atoms with van der Waals surface area (Å²) in [5, 5.41) is 3.79. The van der Waals surface area contributed by atoms with E-state index in [-0.39, 0.29) is 17.7 Å². The standard InChI is InChI=1S/C20H20F2N2O3/c1-13-11-15-7-3-5-9-17(15)24(13)19(25)14(2)27-23-12-16-8-4-6-10-18(16)26-20(21)22/h3-10,12-14,20H,11H2,1-2H3. The second kappa shape index (κ2) is 8.16. The van der Waals surface area contributed by atoms with Crippen molar-refractivity contribution in [2.45, 2.75) is 39.0 Å². The van der Waals surface area contributed by atoms with E-state index in [0.717, 1.165) is 17.7 Å². The van der Waals surface area contributed by atoms with Gasteiger partial charge >= 0.3 is 6.61 Å². The van der Waals surface area contributed by atoms with Crippen molar-refractivity contribution in [2.75, 3.05) is 4.90 Å². The van der Waals surface area contributed by atoms with E-state index < -0.39 is 12.7 Å². The van der Waals surface area contributed by atoms with Gasteiger partial charge in [0.25, 0.3) is 5.91 Å². The van der Waals surface area contributed by atoms with Crippen molar-refractivity contribution in [3.63, 3.8) is 0 Å². The van der Waals surface area contributed by atoms with Gasteiger partial charge in [0.05, 0.1) is 6.21 Å². The molecule has 1 aliphatic rings. The van der Waals surface area contributed by atoms with Crippen molar-refractivity contribution in [1.29, 1.82) is 0 Å². The molecule has 0 spiro atoms. The fraction of sp³-hybridized carbons (Fsp3) is 0.300. The number of halogens is 2. The first-order chi connectivity index (χ1) is 13.0. The van der Waals surface area contributed by atoms with Gasteiger partial charge in [-0.2, -0.15) is 8.78 Å². The van der Waals surface area contributed by atoms with Crippen molar-refractivity contribution in [3.8, 4) is 5.75 Å². The van der Waals surface area contributed by atoms with Gasteiger partial charge in [0.1, 0.15) is 5.75 Å². The molecule has 0 aromatic heterocycles. The maximum absolute atomic E-state index is 12.8. The van der Waals surface area contributed by atoms with Crippen LogP contribution in [0, 0.1) is 0 Å². The average molecular weight is 374 g/mol. The lowest BCUT2D eigenvalue weighted by atomic mass is 10.1. The second-order valence-corrected chi connectivity index (χ2v) is 6.29. The lowest BCUT2D eigenvalue weighted by molar-refractivity contribution is -0.129. The Hall–Kier alpha value is -2.96. The van der Waals surface area contributed by atoms with Gasteiger partial charge < -0.3 is 14.5 Å². The predicted octanol–water partition coefficient (Wildman–Crippen LogP) is 4.00. The van der Waals surface area contributed by atoms with E-state index in [9.17, 15) is 13.6 Å². The van der Waals surface area contributed by atoms with E-state index >= 15 is 0 Å². The minimum Gasteiger partial charge on any atom is -0.434 e. The fourth-order valence-electron chi connectivity index (χ4n) is 3.11. The highest BCUT2D eigenvalue weighted by molar-refractivity contribution is 5.98. The molecule has 0 saturated heterocycles. The van der Waals surface area contributed by atoms with Gasteiger partial charge in [-0.25, -0.2) is 0 Å². The van der Waals surface area contributed by atoms with Crippen molar-refractivity contribution >= 4 is 17.8 Å². The number of rotatable bonds is 6. The third-order valence-corrected chi connectivity index (χ3v) is 4.34. The van der Waals surface area contributed by atoms with Gasteiger partial charge in [0.2, 0.25) is 6.10 Å². The number of carbonyl (C=O) groups is 1. The minimum atomic E-state index is -2.93. The summed E-state index contributed by atoms with van der Waals surface area (Å²) in [6, 6.07) is 14.0. The van der Waals surface area contributed by atoms with Crippen LogP contribution >= 0.6 is 0 Å². The van der Waals surface area contributed by atoms with Crippen LogP contribution in [0.2, 0.25) is 0 Å². The number of benzene rings is 2. The number of amides is 1. The number of oxime groups is 1. The van der Waals surface area contributed by atoms with Crippen LogP contribution in [0.4, 0.5) is 14.5 Å². The van der Waals surface area contributed by atoms with Crippen molar-refractivity contribution < 1.29 is 23.1 Å². The molecule has 142 valence electrons. The monoisotopic (exact) mass is 374 g/mol. The van der Waals surface area contributed by atoms with E-state index in [1.165, 1.54) is 12.3 Å². The van der Waals surface area contributed by atoms with Gasteiger partial charge in [-0.3, -0.25) is 4.79 Å². The van der Waals surface area contributed by atoms with Gasteiger partial charge in [-0.15, -0.1) is 0 Å².